The third kappa shape index (κ3) is 4.21. The number of hydrogen-bond donors (Lipinski definition) is 2. The average molecular weight is 310 g/mol. The summed E-state index contributed by atoms with van der Waals surface area (Å²) in [4.78, 5) is 26.6. The van der Waals surface area contributed by atoms with E-state index in [2.05, 4.69) is 10.3 Å². The molecule has 1 aromatic heterocycles. The number of hydrogen-bond acceptors (Lipinski definition) is 5. The number of carbonyl (C=O) groups excluding carboxylic acids is 1. The van der Waals surface area contributed by atoms with Crippen molar-refractivity contribution >= 4 is 45.2 Å². The van der Waals surface area contributed by atoms with E-state index in [1.165, 1.54) is 11.8 Å². The van der Waals surface area contributed by atoms with Crippen LogP contribution in [0.2, 0.25) is 0 Å². The second kappa shape index (κ2) is 6.71. The van der Waals surface area contributed by atoms with Crippen LogP contribution in [0.1, 0.15) is 13.3 Å². The number of thioether (sulfide) groups is 1. The van der Waals surface area contributed by atoms with Crippen LogP contribution in [0.3, 0.4) is 0 Å². The normalized spacial score (nSPS) is 12.2. The maximum absolute atomic E-state index is 11.7. The molecule has 1 atom stereocenters. The van der Waals surface area contributed by atoms with E-state index in [1.807, 2.05) is 24.3 Å². The van der Waals surface area contributed by atoms with Gasteiger partial charge in [0.2, 0.25) is 5.91 Å². The largest absolute Gasteiger partial charge is 0.481 e. The second-order valence-electron chi connectivity index (χ2n) is 4.30. The monoisotopic (exact) mass is 310 g/mol. The Hall–Kier alpha value is -1.60. The fraction of sp³-hybridized carbons (Fsp3) is 0.308. The van der Waals surface area contributed by atoms with Gasteiger partial charge < -0.3 is 10.4 Å². The number of rotatable bonds is 6. The Morgan fingerprint density at radius 3 is 2.90 bits per heavy atom. The Labute approximate surface area is 124 Å². The predicted molar refractivity (Wildman–Crippen MR) is 80.2 cm³/mol. The lowest BCUT2D eigenvalue weighted by atomic mass is 10.2. The summed E-state index contributed by atoms with van der Waals surface area (Å²) in [7, 11) is 0. The maximum Gasteiger partial charge on any atom is 0.305 e. The van der Waals surface area contributed by atoms with Crippen LogP contribution in [0, 0.1) is 0 Å². The molecule has 7 heteroatoms. The first-order valence-electron chi connectivity index (χ1n) is 6.04. The van der Waals surface area contributed by atoms with Crippen molar-refractivity contribution in [2.45, 2.75) is 23.7 Å². The molecule has 0 saturated carbocycles. The van der Waals surface area contributed by atoms with Gasteiger partial charge in [0.05, 0.1) is 22.4 Å². The zero-order chi connectivity index (χ0) is 14.5. The van der Waals surface area contributed by atoms with Crippen LogP contribution in [0.25, 0.3) is 10.2 Å². The molecule has 1 amide bonds. The first kappa shape index (κ1) is 14.8. The Morgan fingerprint density at radius 2 is 2.20 bits per heavy atom. The number of nitrogens with zero attached hydrogens (tertiary/aromatic N) is 1. The van der Waals surface area contributed by atoms with E-state index in [-0.39, 0.29) is 24.1 Å². The summed E-state index contributed by atoms with van der Waals surface area (Å²) in [6.07, 6.45) is -0.0719. The topological polar surface area (TPSA) is 79.3 Å². The maximum atomic E-state index is 11.7. The lowest BCUT2D eigenvalue weighted by Crippen LogP contribution is -2.35. The Kier molecular flexibility index (Phi) is 4.97. The van der Waals surface area contributed by atoms with E-state index >= 15 is 0 Å². The van der Waals surface area contributed by atoms with Crippen LogP contribution in [0.5, 0.6) is 0 Å². The van der Waals surface area contributed by atoms with Crippen molar-refractivity contribution in [3.8, 4) is 0 Å². The van der Waals surface area contributed by atoms with E-state index < -0.39 is 5.97 Å². The molecule has 5 nitrogen and oxygen atoms in total. The third-order valence-corrected chi connectivity index (χ3v) is 4.67. The Morgan fingerprint density at radius 1 is 1.45 bits per heavy atom. The molecule has 0 radical (unpaired) electrons. The van der Waals surface area contributed by atoms with Gasteiger partial charge in [-0.3, -0.25) is 9.59 Å². The van der Waals surface area contributed by atoms with Crippen molar-refractivity contribution < 1.29 is 14.7 Å². The highest BCUT2D eigenvalue weighted by molar-refractivity contribution is 8.01. The van der Waals surface area contributed by atoms with Gasteiger partial charge in [-0.15, -0.1) is 11.3 Å². The molecule has 0 aliphatic rings. The fourth-order valence-corrected chi connectivity index (χ4v) is 3.55. The summed E-state index contributed by atoms with van der Waals surface area (Å²) in [6.45, 7) is 1.67. The minimum Gasteiger partial charge on any atom is -0.481 e. The van der Waals surface area contributed by atoms with E-state index in [9.17, 15) is 9.59 Å². The van der Waals surface area contributed by atoms with Crippen molar-refractivity contribution in [1.29, 1.82) is 0 Å². The summed E-state index contributed by atoms with van der Waals surface area (Å²) in [5, 5.41) is 11.3. The molecule has 2 rings (SSSR count). The summed E-state index contributed by atoms with van der Waals surface area (Å²) in [6, 6.07) is 7.44. The second-order valence-corrected chi connectivity index (χ2v) is 6.56. The average Bonchev–Trinajstić information content (AvgIpc) is 2.77. The zero-order valence-electron chi connectivity index (χ0n) is 10.8. The van der Waals surface area contributed by atoms with E-state index in [0.29, 0.717) is 0 Å². The molecule has 1 unspecified atom stereocenters. The number of carbonyl (C=O) groups is 2. The molecule has 0 aliphatic heterocycles. The van der Waals surface area contributed by atoms with Gasteiger partial charge in [0, 0.05) is 6.04 Å². The molecule has 106 valence electrons. The quantitative estimate of drug-likeness (QED) is 0.801. The number of fused-ring (bicyclic) bond motifs is 1. The highest BCUT2D eigenvalue weighted by atomic mass is 32.2. The molecular weight excluding hydrogens is 296 g/mol. The molecule has 0 aliphatic carbocycles. The molecule has 0 spiro atoms. The molecule has 2 aromatic rings. The number of carboxylic acid groups (broad SMARTS) is 1. The number of benzene rings is 1. The van der Waals surface area contributed by atoms with Gasteiger partial charge in [-0.2, -0.15) is 0 Å². The fourth-order valence-electron chi connectivity index (χ4n) is 1.67. The van der Waals surface area contributed by atoms with Crippen LogP contribution in [0.15, 0.2) is 28.6 Å². The van der Waals surface area contributed by atoms with Gasteiger partial charge in [-0.05, 0) is 19.1 Å². The zero-order valence-corrected chi connectivity index (χ0v) is 12.5. The lowest BCUT2D eigenvalue weighted by molar-refractivity contribution is -0.137. The minimum atomic E-state index is -0.920. The molecule has 0 bridgehead atoms. The van der Waals surface area contributed by atoms with Crippen molar-refractivity contribution in [2.75, 3.05) is 5.75 Å². The summed E-state index contributed by atoms with van der Waals surface area (Å²) >= 11 is 2.91. The summed E-state index contributed by atoms with van der Waals surface area (Å²) in [5.41, 5.74) is 0.930. The molecule has 20 heavy (non-hydrogen) atoms. The van der Waals surface area contributed by atoms with Crippen molar-refractivity contribution in [3.63, 3.8) is 0 Å². The van der Waals surface area contributed by atoms with Crippen molar-refractivity contribution in [2.24, 2.45) is 0 Å². The Balaban J connectivity index is 1.85. The first-order valence-corrected chi connectivity index (χ1v) is 7.84. The van der Waals surface area contributed by atoms with Crippen molar-refractivity contribution in [1.82, 2.24) is 10.3 Å². The smallest absolute Gasteiger partial charge is 0.305 e. The van der Waals surface area contributed by atoms with Gasteiger partial charge >= 0.3 is 5.97 Å². The van der Waals surface area contributed by atoms with Gasteiger partial charge in [0.25, 0.3) is 0 Å². The van der Waals surface area contributed by atoms with Gasteiger partial charge in [-0.25, -0.2) is 4.98 Å². The van der Waals surface area contributed by atoms with Crippen LogP contribution in [-0.2, 0) is 9.59 Å². The van der Waals surface area contributed by atoms with Crippen LogP contribution < -0.4 is 5.32 Å². The van der Waals surface area contributed by atoms with E-state index in [4.69, 9.17) is 5.11 Å². The number of carboxylic acids is 1. The van der Waals surface area contributed by atoms with Crippen LogP contribution in [0.4, 0.5) is 0 Å². The summed E-state index contributed by atoms with van der Waals surface area (Å²) in [5.74, 6) is -0.858. The summed E-state index contributed by atoms with van der Waals surface area (Å²) < 4.78 is 1.93. The van der Waals surface area contributed by atoms with Gasteiger partial charge in [0.1, 0.15) is 0 Å². The highest BCUT2D eigenvalue weighted by Crippen LogP contribution is 2.28. The SMILES string of the molecule is CC(CC(=O)O)NC(=O)CSc1nc2ccccc2s1. The van der Waals surface area contributed by atoms with Gasteiger partial charge in [0.15, 0.2) is 4.34 Å². The molecule has 1 aromatic carbocycles. The molecule has 0 fully saturated rings. The number of aromatic nitrogens is 1. The number of nitrogens with one attached hydrogen (secondary N) is 1. The number of aliphatic carboxylic acids is 1. The first-order chi connectivity index (χ1) is 9.54. The number of para-hydroxylation sites is 1. The molecule has 2 N–H and O–H groups in total. The standard InChI is InChI=1S/C13H14N2O3S2/c1-8(6-12(17)18)14-11(16)7-19-13-15-9-4-2-3-5-10(9)20-13/h2-5,8H,6-7H2,1H3,(H,14,16)(H,17,18). The molecule has 0 saturated heterocycles. The van der Waals surface area contributed by atoms with Gasteiger partial charge in [-0.1, -0.05) is 23.9 Å². The Bertz CT molecular complexity index is 594. The van der Waals surface area contributed by atoms with Crippen LogP contribution in [-0.4, -0.2) is 33.8 Å². The molecule has 1 heterocycles. The third-order valence-electron chi connectivity index (χ3n) is 2.49. The highest BCUT2D eigenvalue weighted by Gasteiger charge is 2.12. The number of amides is 1. The van der Waals surface area contributed by atoms with E-state index in [0.717, 1.165) is 14.6 Å². The van der Waals surface area contributed by atoms with Crippen molar-refractivity contribution in [3.05, 3.63) is 24.3 Å². The number of thiazole rings is 1. The lowest BCUT2D eigenvalue weighted by Gasteiger charge is -2.10. The predicted octanol–water partition coefficient (Wildman–Crippen LogP) is 2.37. The minimum absolute atomic E-state index is 0.0719. The van der Waals surface area contributed by atoms with Crippen LogP contribution >= 0.6 is 23.1 Å². The molecular formula is C13H14N2O3S2. The van der Waals surface area contributed by atoms with E-state index in [1.54, 1.807) is 18.3 Å².